The highest BCUT2D eigenvalue weighted by atomic mass is 16.2. The molecule has 2 heterocycles. The second-order valence-corrected chi connectivity index (χ2v) is 5.43. The van der Waals surface area contributed by atoms with E-state index in [0.717, 1.165) is 11.4 Å². The number of Topliss-reactive ketones (excluding diaryl/α,β-unsaturated/α-hetero) is 1. The van der Waals surface area contributed by atoms with Crippen LogP contribution in [0.4, 0.5) is 5.69 Å². The van der Waals surface area contributed by atoms with Crippen LogP contribution in [0.25, 0.3) is 5.65 Å². The molecule has 0 aliphatic carbocycles. The van der Waals surface area contributed by atoms with E-state index in [4.69, 9.17) is 0 Å². The second kappa shape index (κ2) is 5.64. The van der Waals surface area contributed by atoms with Crippen molar-refractivity contribution in [3.63, 3.8) is 0 Å². The standard InChI is InChI=1S/C17H16N4O2/c1-10-8-16-19-15(9-11(2)21(16)20-10)17(23)18-14-6-4-13(5-7-14)12(3)22/h4-9H,1-3H3,(H,18,23). The summed E-state index contributed by atoms with van der Waals surface area (Å²) < 4.78 is 1.70. The molecule has 0 atom stereocenters. The van der Waals surface area contributed by atoms with Crippen LogP contribution < -0.4 is 5.32 Å². The third-order valence-corrected chi connectivity index (χ3v) is 3.51. The van der Waals surface area contributed by atoms with Gasteiger partial charge in [0, 0.05) is 23.0 Å². The van der Waals surface area contributed by atoms with Crippen molar-refractivity contribution >= 4 is 23.0 Å². The Morgan fingerprint density at radius 1 is 1.09 bits per heavy atom. The van der Waals surface area contributed by atoms with E-state index in [1.165, 1.54) is 6.92 Å². The largest absolute Gasteiger partial charge is 0.321 e. The third-order valence-electron chi connectivity index (χ3n) is 3.51. The molecular weight excluding hydrogens is 292 g/mol. The number of benzene rings is 1. The molecule has 1 N–H and O–H groups in total. The van der Waals surface area contributed by atoms with E-state index in [9.17, 15) is 9.59 Å². The van der Waals surface area contributed by atoms with E-state index in [1.807, 2.05) is 19.9 Å². The Hall–Kier alpha value is -3.02. The van der Waals surface area contributed by atoms with Crippen molar-refractivity contribution in [1.29, 1.82) is 0 Å². The van der Waals surface area contributed by atoms with E-state index in [0.29, 0.717) is 22.6 Å². The summed E-state index contributed by atoms with van der Waals surface area (Å²) in [5.41, 5.74) is 3.86. The van der Waals surface area contributed by atoms with Gasteiger partial charge in [0.2, 0.25) is 0 Å². The van der Waals surface area contributed by atoms with E-state index < -0.39 is 0 Å². The van der Waals surface area contributed by atoms with Crippen LogP contribution in [0.1, 0.15) is 39.2 Å². The number of aryl methyl sites for hydroxylation is 2. The van der Waals surface area contributed by atoms with Crippen LogP contribution >= 0.6 is 0 Å². The lowest BCUT2D eigenvalue weighted by molar-refractivity contribution is 0.101. The summed E-state index contributed by atoms with van der Waals surface area (Å²) >= 11 is 0. The molecule has 0 aliphatic heterocycles. The van der Waals surface area contributed by atoms with E-state index in [1.54, 1.807) is 34.8 Å². The predicted octanol–water partition coefficient (Wildman–Crippen LogP) is 2.80. The lowest BCUT2D eigenvalue weighted by atomic mass is 10.1. The van der Waals surface area contributed by atoms with Crippen molar-refractivity contribution in [3.05, 3.63) is 59.0 Å². The summed E-state index contributed by atoms with van der Waals surface area (Å²) in [6.07, 6.45) is 0. The van der Waals surface area contributed by atoms with Crippen molar-refractivity contribution in [2.45, 2.75) is 20.8 Å². The number of hydrogen-bond acceptors (Lipinski definition) is 4. The Bertz CT molecular complexity index is 910. The molecule has 0 fully saturated rings. The molecular formula is C17H16N4O2. The van der Waals surface area contributed by atoms with Crippen LogP contribution in [-0.4, -0.2) is 26.3 Å². The first-order chi connectivity index (χ1) is 10.9. The molecule has 0 unspecified atom stereocenters. The highest BCUT2D eigenvalue weighted by molar-refractivity contribution is 6.03. The van der Waals surface area contributed by atoms with Crippen LogP contribution in [0, 0.1) is 13.8 Å². The van der Waals surface area contributed by atoms with Crippen LogP contribution in [0.2, 0.25) is 0 Å². The molecule has 116 valence electrons. The maximum Gasteiger partial charge on any atom is 0.274 e. The van der Waals surface area contributed by atoms with Gasteiger partial charge in [-0.3, -0.25) is 9.59 Å². The first kappa shape index (κ1) is 14.9. The molecule has 0 spiro atoms. The van der Waals surface area contributed by atoms with Gasteiger partial charge in [-0.05, 0) is 51.1 Å². The zero-order valence-electron chi connectivity index (χ0n) is 13.1. The average Bonchev–Trinajstić information content (AvgIpc) is 2.88. The molecule has 1 amide bonds. The molecule has 23 heavy (non-hydrogen) atoms. The van der Waals surface area contributed by atoms with Crippen LogP contribution in [-0.2, 0) is 0 Å². The van der Waals surface area contributed by atoms with Gasteiger partial charge in [0.25, 0.3) is 5.91 Å². The Labute approximate surface area is 133 Å². The monoisotopic (exact) mass is 308 g/mol. The van der Waals surface area contributed by atoms with Crippen molar-refractivity contribution in [1.82, 2.24) is 14.6 Å². The Balaban J connectivity index is 1.86. The number of amides is 1. The molecule has 0 aliphatic rings. The number of aromatic nitrogens is 3. The van der Waals surface area contributed by atoms with Crippen molar-refractivity contribution in [2.24, 2.45) is 0 Å². The van der Waals surface area contributed by atoms with Gasteiger partial charge in [-0.15, -0.1) is 0 Å². The lowest BCUT2D eigenvalue weighted by Crippen LogP contribution is -2.15. The van der Waals surface area contributed by atoms with Crippen molar-refractivity contribution < 1.29 is 9.59 Å². The van der Waals surface area contributed by atoms with Gasteiger partial charge in [-0.25, -0.2) is 9.50 Å². The molecule has 0 radical (unpaired) electrons. The molecule has 3 aromatic rings. The molecule has 0 saturated carbocycles. The average molecular weight is 308 g/mol. The van der Waals surface area contributed by atoms with Gasteiger partial charge in [-0.2, -0.15) is 5.10 Å². The number of carbonyl (C=O) groups excluding carboxylic acids is 2. The first-order valence-corrected chi connectivity index (χ1v) is 7.20. The molecule has 3 rings (SSSR count). The van der Waals surface area contributed by atoms with Gasteiger partial charge in [0.15, 0.2) is 11.4 Å². The van der Waals surface area contributed by atoms with Gasteiger partial charge in [0.05, 0.1) is 5.69 Å². The summed E-state index contributed by atoms with van der Waals surface area (Å²) in [6, 6.07) is 10.3. The second-order valence-electron chi connectivity index (χ2n) is 5.43. The minimum absolute atomic E-state index is 0.0123. The molecule has 6 heteroatoms. The van der Waals surface area contributed by atoms with Crippen LogP contribution in [0.3, 0.4) is 0 Å². The van der Waals surface area contributed by atoms with Gasteiger partial charge in [0.1, 0.15) is 5.69 Å². The number of hydrogen-bond donors (Lipinski definition) is 1. The fraction of sp³-hybridized carbons (Fsp3) is 0.176. The third kappa shape index (κ3) is 2.96. The highest BCUT2D eigenvalue weighted by Gasteiger charge is 2.12. The van der Waals surface area contributed by atoms with Gasteiger partial charge < -0.3 is 5.32 Å². The first-order valence-electron chi connectivity index (χ1n) is 7.20. The fourth-order valence-corrected chi connectivity index (χ4v) is 2.34. The number of anilines is 1. The summed E-state index contributed by atoms with van der Waals surface area (Å²) in [5, 5.41) is 7.09. The van der Waals surface area contributed by atoms with Crippen LogP contribution in [0.5, 0.6) is 0 Å². The normalized spacial score (nSPS) is 10.7. The minimum atomic E-state index is -0.301. The Morgan fingerprint density at radius 2 is 1.78 bits per heavy atom. The SMILES string of the molecule is CC(=O)c1ccc(NC(=O)c2cc(C)n3nc(C)cc3n2)cc1. The summed E-state index contributed by atoms with van der Waals surface area (Å²) in [7, 11) is 0. The number of nitrogens with zero attached hydrogens (tertiary/aromatic N) is 3. The zero-order valence-corrected chi connectivity index (χ0v) is 13.1. The fourth-order valence-electron chi connectivity index (χ4n) is 2.34. The summed E-state index contributed by atoms with van der Waals surface area (Å²) in [6.45, 7) is 5.26. The zero-order chi connectivity index (χ0) is 16.6. The number of rotatable bonds is 3. The molecule has 0 bridgehead atoms. The predicted molar refractivity (Wildman–Crippen MR) is 86.9 cm³/mol. The topological polar surface area (TPSA) is 76.4 Å². The lowest BCUT2D eigenvalue weighted by Gasteiger charge is -2.07. The van der Waals surface area contributed by atoms with E-state index in [-0.39, 0.29) is 11.7 Å². The van der Waals surface area contributed by atoms with E-state index in [2.05, 4.69) is 15.4 Å². The number of ketones is 1. The van der Waals surface area contributed by atoms with Gasteiger partial charge in [-0.1, -0.05) is 0 Å². The van der Waals surface area contributed by atoms with Crippen molar-refractivity contribution in [2.75, 3.05) is 5.32 Å². The van der Waals surface area contributed by atoms with E-state index >= 15 is 0 Å². The molecule has 0 saturated heterocycles. The highest BCUT2D eigenvalue weighted by Crippen LogP contribution is 2.13. The minimum Gasteiger partial charge on any atom is -0.321 e. The molecule has 2 aromatic heterocycles. The molecule has 1 aromatic carbocycles. The Morgan fingerprint density at radius 3 is 2.43 bits per heavy atom. The number of carbonyl (C=O) groups is 2. The maximum absolute atomic E-state index is 12.4. The molecule has 6 nitrogen and oxygen atoms in total. The summed E-state index contributed by atoms with van der Waals surface area (Å²) in [4.78, 5) is 28.0. The number of fused-ring (bicyclic) bond motifs is 1. The maximum atomic E-state index is 12.4. The number of nitrogens with one attached hydrogen (secondary N) is 1. The van der Waals surface area contributed by atoms with Crippen molar-refractivity contribution in [3.8, 4) is 0 Å². The van der Waals surface area contributed by atoms with Crippen LogP contribution in [0.15, 0.2) is 36.4 Å². The summed E-state index contributed by atoms with van der Waals surface area (Å²) in [5.74, 6) is -0.313. The quantitative estimate of drug-likeness (QED) is 0.755. The van der Waals surface area contributed by atoms with Gasteiger partial charge >= 0.3 is 0 Å². The Kier molecular flexibility index (Phi) is 3.65. The smallest absolute Gasteiger partial charge is 0.274 e.